The molecule has 1 aliphatic heterocycles. The molecule has 6 nitrogen and oxygen atoms in total. The van der Waals surface area contributed by atoms with Crippen LogP contribution < -0.4 is 5.32 Å². The van der Waals surface area contributed by atoms with Crippen LogP contribution in [0.5, 0.6) is 0 Å². The number of carboxylic acids is 1. The number of aliphatic carboxylic acids is 1. The highest BCUT2D eigenvalue weighted by Gasteiger charge is 2.34. The molecule has 1 saturated heterocycles. The van der Waals surface area contributed by atoms with E-state index in [1.54, 1.807) is 0 Å². The van der Waals surface area contributed by atoms with Gasteiger partial charge in [-0.1, -0.05) is 13.3 Å². The fourth-order valence-corrected chi connectivity index (χ4v) is 1.72. The highest BCUT2D eigenvalue weighted by Crippen LogP contribution is 2.17. The second-order valence-electron chi connectivity index (χ2n) is 4.22. The third-order valence-corrected chi connectivity index (χ3v) is 2.75. The fourth-order valence-electron chi connectivity index (χ4n) is 1.72. The summed E-state index contributed by atoms with van der Waals surface area (Å²) in [5, 5.41) is 11.5. The maximum absolute atomic E-state index is 11.4. The zero-order chi connectivity index (χ0) is 12.8. The summed E-state index contributed by atoms with van der Waals surface area (Å²) < 4.78 is 0. The molecule has 0 aromatic rings. The Hall–Kier alpha value is -1.59. The number of hydrogen-bond acceptors (Lipinski definition) is 3. The van der Waals surface area contributed by atoms with Crippen molar-refractivity contribution < 1.29 is 19.5 Å². The molecule has 1 fully saturated rings. The molecular formula is C11H18N2O4. The lowest BCUT2D eigenvalue weighted by Crippen LogP contribution is -2.38. The van der Waals surface area contributed by atoms with E-state index in [1.165, 1.54) is 4.90 Å². The standard InChI is InChI=1S/C11H18N2O4/c1-2-3-4-12-9(14)7-13-6-8(11(16)17)5-10(13)15/h8H,2-7H2,1H3,(H,12,14)(H,16,17). The van der Waals surface area contributed by atoms with Crippen LogP contribution in [0.3, 0.4) is 0 Å². The van der Waals surface area contributed by atoms with Crippen molar-refractivity contribution >= 4 is 17.8 Å². The van der Waals surface area contributed by atoms with Crippen molar-refractivity contribution in [2.75, 3.05) is 19.6 Å². The minimum absolute atomic E-state index is 0.00241. The second kappa shape index (κ2) is 6.22. The van der Waals surface area contributed by atoms with Crippen LogP contribution in [0.1, 0.15) is 26.2 Å². The van der Waals surface area contributed by atoms with E-state index in [9.17, 15) is 14.4 Å². The fraction of sp³-hybridized carbons (Fsp3) is 0.727. The van der Waals surface area contributed by atoms with E-state index in [1.807, 2.05) is 6.92 Å². The van der Waals surface area contributed by atoms with Gasteiger partial charge in [0.05, 0.1) is 12.5 Å². The lowest BCUT2D eigenvalue weighted by Gasteiger charge is -2.15. The quantitative estimate of drug-likeness (QED) is 0.633. The van der Waals surface area contributed by atoms with Crippen LogP contribution in [0, 0.1) is 5.92 Å². The Kier molecular flexibility index (Phi) is 4.93. The van der Waals surface area contributed by atoms with Gasteiger partial charge >= 0.3 is 5.97 Å². The Bertz CT molecular complexity index is 317. The number of nitrogens with zero attached hydrogens (tertiary/aromatic N) is 1. The second-order valence-corrected chi connectivity index (χ2v) is 4.22. The number of unbranched alkanes of at least 4 members (excludes halogenated alkanes) is 1. The van der Waals surface area contributed by atoms with Gasteiger partial charge < -0.3 is 15.3 Å². The van der Waals surface area contributed by atoms with E-state index in [0.29, 0.717) is 6.54 Å². The SMILES string of the molecule is CCCCNC(=O)CN1CC(C(=O)O)CC1=O. The van der Waals surface area contributed by atoms with Crippen molar-refractivity contribution in [2.45, 2.75) is 26.2 Å². The molecule has 0 saturated carbocycles. The number of carbonyl (C=O) groups is 3. The molecule has 1 heterocycles. The minimum Gasteiger partial charge on any atom is -0.481 e. The summed E-state index contributed by atoms with van der Waals surface area (Å²) in [4.78, 5) is 34.9. The van der Waals surface area contributed by atoms with Gasteiger partial charge in [0.2, 0.25) is 11.8 Å². The van der Waals surface area contributed by atoms with Crippen LogP contribution in [0.15, 0.2) is 0 Å². The van der Waals surface area contributed by atoms with Gasteiger partial charge in [-0.25, -0.2) is 0 Å². The van der Waals surface area contributed by atoms with Crippen LogP contribution in [0.25, 0.3) is 0 Å². The molecule has 0 spiro atoms. The highest BCUT2D eigenvalue weighted by molar-refractivity contribution is 5.89. The van der Waals surface area contributed by atoms with Gasteiger partial charge in [0.1, 0.15) is 0 Å². The van der Waals surface area contributed by atoms with Crippen LogP contribution in [0.2, 0.25) is 0 Å². The summed E-state index contributed by atoms with van der Waals surface area (Å²) in [5.74, 6) is -2.14. The van der Waals surface area contributed by atoms with E-state index in [2.05, 4.69) is 5.32 Å². The van der Waals surface area contributed by atoms with Gasteiger partial charge in [-0.15, -0.1) is 0 Å². The molecule has 2 amide bonds. The van der Waals surface area contributed by atoms with Crippen molar-refractivity contribution in [3.05, 3.63) is 0 Å². The predicted octanol–water partition coefficient (Wildman–Crippen LogP) is -0.164. The zero-order valence-electron chi connectivity index (χ0n) is 9.94. The van der Waals surface area contributed by atoms with Gasteiger partial charge in [0, 0.05) is 19.5 Å². The average molecular weight is 242 g/mol. The van der Waals surface area contributed by atoms with Gasteiger partial charge in [0.15, 0.2) is 0 Å². The number of rotatable bonds is 6. The molecule has 0 radical (unpaired) electrons. The Balaban J connectivity index is 2.34. The first-order valence-corrected chi connectivity index (χ1v) is 5.81. The lowest BCUT2D eigenvalue weighted by molar-refractivity contribution is -0.141. The average Bonchev–Trinajstić information content (AvgIpc) is 2.61. The first-order valence-electron chi connectivity index (χ1n) is 5.81. The van der Waals surface area contributed by atoms with Crippen molar-refractivity contribution in [2.24, 2.45) is 5.92 Å². The van der Waals surface area contributed by atoms with Crippen LogP contribution >= 0.6 is 0 Å². The van der Waals surface area contributed by atoms with Crippen LogP contribution in [0.4, 0.5) is 0 Å². The molecule has 96 valence electrons. The largest absolute Gasteiger partial charge is 0.481 e. The number of hydrogen-bond donors (Lipinski definition) is 2. The van der Waals surface area contributed by atoms with Gasteiger partial charge in [-0.2, -0.15) is 0 Å². The monoisotopic (exact) mass is 242 g/mol. The Morgan fingerprint density at radius 3 is 2.76 bits per heavy atom. The Morgan fingerprint density at radius 1 is 1.53 bits per heavy atom. The zero-order valence-corrected chi connectivity index (χ0v) is 9.94. The summed E-state index contributed by atoms with van der Waals surface area (Å²) >= 11 is 0. The van der Waals surface area contributed by atoms with E-state index in [0.717, 1.165) is 12.8 Å². The first-order chi connectivity index (χ1) is 8.04. The highest BCUT2D eigenvalue weighted by atomic mass is 16.4. The molecule has 1 atom stereocenters. The van der Waals surface area contributed by atoms with Gasteiger partial charge in [0.25, 0.3) is 0 Å². The topological polar surface area (TPSA) is 86.7 Å². The number of carboxylic acid groups (broad SMARTS) is 1. The molecule has 6 heteroatoms. The van der Waals surface area contributed by atoms with E-state index in [4.69, 9.17) is 5.11 Å². The number of nitrogens with one attached hydrogen (secondary N) is 1. The van der Waals surface area contributed by atoms with Crippen molar-refractivity contribution in [3.63, 3.8) is 0 Å². The number of carbonyl (C=O) groups excluding carboxylic acids is 2. The molecule has 0 aromatic heterocycles. The summed E-state index contributed by atoms with van der Waals surface area (Å²) in [7, 11) is 0. The molecule has 0 bridgehead atoms. The maximum atomic E-state index is 11.4. The molecule has 1 unspecified atom stereocenters. The van der Waals surface area contributed by atoms with E-state index < -0.39 is 11.9 Å². The molecule has 17 heavy (non-hydrogen) atoms. The van der Waals surface area contributed by atoms with E-state index in [-0.39, 0.29) is 31.3 Å². The van der Waals surface area contributed by atoms with E-state index >= 15 is 0 Å². The smallest absolute Gasteiger partial charge is 0.308 e. The molecule has 0 aliphatic carbocycles. The van der Waals surface area contributed by atoms with Gasteiger partial charge in [-0.05, 0) is 6.42 Å². The summed E-state index contributed by atoms with van der Waals surface area (Å²) in [6, 6.07) is 0. The maximum Gasteiger partial charge on any atom is 0.308 e. The van der Waals surface area contributed by atoms with Crippen molar-refractivity contribution in [3.8, 4) is 0 Å². The third-order valence-electron chi connectivity index (χ3n) is 2.75. The summed E-state index contributed by atoms with van der Waals surface area (Å²) in [6.07, 6.45) is 1.89. The molecule has 1 aliphatic rings. The minimum atomic E-state index is -0.979. The molecule has 0 aromatic carbocycles. The molecule has 1 rings (SSSR count). The molecular weight excluding hydrogens is 224 g/mol. The van der Waals surface area contributed by atoms with Gasteiger partial charge in [-0.3, -0.25) is 14.4 Å². The summed E-state index contributed by atoms with van der Waals surface area (Å²) in [6.45, 7) is 2.72. The molecule has 2 N–H and O–H groups in total. The number of amides is 2. The van der Waals surface area contributed by atoms with Crippen molar-refractivity contribution in [1.82, 2.24) is 10.2 Å². The van der Waals surface area contributed by atoms with Crippen LogP contribution in [-0.4, -0.2) is 47.4 Å². The first kappa shape index (κ1) is 13.5. The predicted molar refractivity (Wildman–Crippen MR) is 60.2 cm³/mol. The van der Waals surface area contributed by atoms with Crippen LogP contribution in [-0.2, 0) is 14.4 Å². The number of likely N-dealkylation sites (tertiary alicyclic amines) is 1. The normalized spacial score (nSPS) is 19.5. The lowest BCUT2D eigenvalue weighted by atomic mass is 10.1. The summed E-state index contributed by atoms with van der Waals surface area (Å²) in [5.41, 5.74) is 0. The Labute approximate surface area is 100.0 Å². The van der Waals surface area contributed by atoms with Crippen molar-refractivity contribution in [1.29, 1.82) is 0 Å². The Morgan fingerprint density at radius 2 is 2.24 bits per heavy atom. The third kappa shape index (κ3) is 4.05.